The van der Waals surface area contributed by atoms with Crippen molar-refractivity contribution in [3.8, 4) is 0 Å². The topological polar surface area (TPSA) is 38.3 Å². The Labute approximate surface area is 140 Å². The minimum atomic E-state index is -0.248. The van der Waals surface area contributed by atoms with E-state index in [1.54, 1.807) is 31.0 Å². The third-order valence-electron chi connectivity index (χ3n) is 3.31. The summed E-state index contributed by atoms with van der Waals surface area (Å²) >= 11 is 1.54. The van der Waals surface area contributed by atoms with E-state index in [0.717, 1.165) is 16.0 Å². The minimum absolute atomic E-state index is 0.00633. The lowest BCUT2D eigenvalue weighted by Crippen LogP contribution is -2.23. The van der Waals surface area contributed by atoms with Crippen molar-refractivity contribution in [2.45, 2.75) is 24.5 Å². The molecule has 0 atom stereocenters. The minimum Gasteiger partial charge on any atom is -0.380 e. The summed E-state index contributed by atoms with van der Waals surface area (Å²) in [4.78, 5) is 12.9. The van der Waals surface area contributed by atoms with Crippen molar-refractivity contribution in [1.82, 2.24) is 5.32 Å². The first-order valence-corrected chi connectivity index (χ1v) is 8.38. The number of carbonyl (C=O) groups is 1. The number of hydrogen-bond acceptors (Lipinski definition) is 3. The lowest BCUT2D eigenvalue weighted by molar-refractivity contribution is -0.120. The lowest BCUT2D eigenvalue weighted by atomic mass is 10.1. The van der Waals surface area contributed by atoms with Crippen LogP contribution in [0.4, 0.5) is 4.39 Å². The van der Waals surface area contributed by atoms with Gasteiger partial charge in [-0.15, -0.1) is 11.8 Å². The number of halogens is 1. The van der Waals surface area contributed by atoms with E-state index in [2.05, 4.69) is 5.32 Å². The van der Waals surface area contributed by atoms with Crippen LogP contribution in [0.3, 0.4) is 0 Å². The molecule has 3 nitrogen and oxygen atoms in total. The Balaban J connectivity index is 1.74. The van der Waals surface area contributed by atoms with Gasteiger partial charge in [0.2, 0.25) is 5.91 Å². The van der Waals surface area contributed by atoms with Crippen LogP contribution in [0.15, 0.2) is 53.4 Å². The van der Waals surface area contributed by atoms with Gasteiger partial charge in [-0.1, -0.05) is 24.3 Å². The molecule has 122 valence electrons. The van der Waals surface area contributed by atoms with Crippen LogP contribution in [-0.2, 0) is 22.7 Å². The molecule has 0 unspecified atom stereocenters. The van der Waals surface area contributed by atoms with E-state index in [4.69, 9.17) is 4.74 Å². The molecule has 0 bridgehead atoms. The van der Waals surface area contributed by atoms with Crippen LogP contribution in [0.1, 0.15) is 17.5 Å². The van der Waals surface area contributed by atoms with Crippen molar-refractivity contribution >= 4 is 17.7 Å². The Morgan fingerprint density at radius 2 is 1.83 bits per heavy atom. The molecule has 0 aliphatic heterocycles. The molecule has 2 aromatic carbocycles. The summed E-state index contributed by atoms with van der Waals surface area (Å²) in [6.45, 7) is 1.03. The first-order chi connectivity index (χ1) is 11.2. The summed E-state index contributed by atoms with van der Waals surface area (Å²) in [5.41, 5.74) is 2.14. The number of ether oxygens (including phenoxy) is 1. The van der Waals surface area contributed by atoms with Crippen molar-refractivity contribution in [2.75, 3.05) is 12.9 Å². The Hall–Kier alpha value is -1.85. The zero-order valence-electron chi connectivity index (χ0n) is 13.0. The second-order valence-corrected chi connectivity index (χ2v) is 6.20. The van der Waals surface area contributed by atoms with Crippen molar-refractivity contribution in [3.63, 3.8) is 0 Å². The summed E-state index contributed by atoms with van der Waals surface area (Å²) in [5.74, 6) is 0.422. The first kappa shape index (κ1) is 17.5. The van der Waals surface area contributed by atoms with Crippen molar-refractivity contribution < 1.29 is 13.9 Å². The number of amides is 1. The Morgan fingerprint density at radius 1 is 1.13 bits per heavy atom. The maximum atomic E-state index is 12.8. The fourth-order valence-electron chi connectivity index (χ4n) is 2.10. The molecule has 0 aliphatic rings. The summed E-state index contributed by atoms with van der Waals surface area (Å²) in [7, 11) is 1.65. The van der Waals surface area contributed by atoms with E-state index in [-0.39, 0.29) is 11.7 Å². The van der Waals surface area contributed by atoms with Gasteiger partial charge in [-0.05, 0) is 35.4 Å². The highest BCUT2D eigenvalue weighted by Gasteiger charge is 2.05. The fraction of sp³-hybridized carbons (Fsp3) is 0.278. The van der Waals surface area contributed by atoms with E-state index in [1.807, 2.05) is 24.3 Å². The SMILES string of the molecule is COCc1ccccc1CNC(=O)CCSc1ccc(F)cc1. The molecule has 0 heterocycles. The normalized spacial score (nSPS) is 10.5. The number of nitrogens with one attached hydrogen (secondary N) is 1. The molecular formula is C18H20FNO2S. The lowest BCUT2D eigenvalue weighted by Gasteiger charge is -2.10. The second kappa shape index (κ2) is 9.33. The predicted molar refractivity (Wildman–Crippen MR) is 90.7 cm³/mol. The number of methoxy groups -OCH3 is 1. The third kappa shape index (κ3) is 6.04. The molecule has 0 aromatic heterocycles. The first-order valence-electron chi connectivity index (χ1n) is 7.40. The Morgan fingerprint density at radius 3 is 2.52 bits per heavy atom. The largest absolute Gasteiger partial charge is 0.380 e. The van der Waals surface area contributed by atoms with Crippen LogP contribution in [0.2, 0.25) is 0 Å². The average Bonchev–Trinajstić information content (AvgIpc) is 2.56. The molecule has 0 fully saturated rings. The van der Waals surface area contributed by atoms with Crippen molar-refractivity contribution in [3.05, 3.63) is 65.5 Å². The predicted octanol–water partition coefficient (Wildman–Crippen LogP) is 3.77. The summed E-state index contributed by atoms with van der Waals surface area (Å²) in [6.07, 6.45) is 0.425. The van der Waals surface area contributed by atoms with Crippen LogP contribution in [0.5, 0.6) is 0 Å². The Kier molecular flexibility index (Phi) is 7.10. The van der Waals surface area contributed by atoms with Gasteiger partial charge in [0.1, 0.15) is 5.82 Å². The molecule has 0 radical (unpaired) electrons. The number of carbonyl (C=O) groups excluding carboxylic acids is 1. The smallest absolute Gasteiger partial charge is 0.221 e. The summed E-state index contributed by atoms with van der Waals surface area (Å²) in [6, 6.07) is 14.2. The molecule has 0 aliphatic carbocycles. The van der Waals surface area contributed by atoms with Crippen LogP contribution in [0, 0.1) is 5.82 Å². The van der Waals surface area contributed by atoms with Crippen LogP contribution in [0.25, 0.3) is 0 Å². The molecule has 0 spiro atoms. The molecule has 1 amide bonds. The van der Waals surface area contributed by atoms with Crippen molar-refractivity contribution in [2.24, 2.45) is 0 Å². The van der Waals surface area contributed by atoms with Crippen molar-refractivity contribution in [1.29, 1.82) is 0 Å². The number of rotatable bonds is 8. The van der Waals surface area contributed by atoms with Gasteiger partial charge >= 0.3 is 0 Å². The van der Waals surface area contributed by atoms with E-state index < -0.39 is 0 Å². The summed E-state index contributed by atoms with van der Waals surface area (Å²) < 4.78 is 18.0. The van der Waals surface area contributed by atoms with E-state index in [1.165, 1.54) is 12.1 Å². The van der Waals surface area contributed by atoms with Crippen LogP contribution < -0.4 is 5.32 Å². The molecular weight excluding hydrogens is 313 g/mol. The number of thioether (sulfide) groups is 1. The van der Waals surface area contributed by atoms with Gasteiger partial charge in [0.05, 0.1) is 6.61 Å². The fourth-order valence-corrected chi connectivity index (χ4v) is 2.95. The average molecular weight is 333 g/mol. The van der Waals surface area contributed by atoms with E-state index >= 15 is 0 Å². The quantitative estimate of drug-likeness (QED) is 0.747. The van der Waals surface area contributed by atoms with Gasteiger partial charge in [0.15, 0.2) is 0 Å². The second-order valence-electron chi connectivity index (χ2n) is 5.03. The maximum absolute atomic E-state index is 12.8. The van der Waals surface area contributed by atoms with E-state index in [0.29, 0.717) is 25.3 Å². The maximum Gasteiger partial charge on any atom is 0.221 e. The zero-order chi connectivity index (χ0) is 16.5. The highest BCUT2D eigenvalue weighted by Crippen LogP contribution is 2.18. The third-order valence-corrected chi connectivity index (χ3v) is 4.32. The van der Waals surface area contributed by atoms with Gasteiger partial charge in [0.25, 0.3) is 0 Å². The molecule has 0 saturated carbocycles. The monoisotopic (exact) mass is 333 g/mol. The van der Waals surface area contributed by atoms with Crippen LogP contribution >= 0.6 is 11.8 Å². The zero-order valence-corrected chi connectivity index (χ0v) is 13.9. The number of hydrogen-bond donors (Lipinski definition) is 1. The standard InChI is InChI=1S/C18H20FNO2S/c1-22-13-15-5-3-2-4-14(15)12-20-18(21)10-11-23-17-8-6-16(19)7-9-17/h2-9H,10-13H2,1H3,(H,20,21). The van der Waals surface area contributed by atoms with Gasteiger partial charge in [-0.25, -0.2) is 4.39 Å². The van der Waals surface area contributed by atoms with E-state index in [9.17, 15) is 9.18 Å². The number of benzene rings is 2. The molecule has 2 aromatic rings. The Bertz CT molecular complexity index is 631. The highest BCUT2D eigenvalue weighted by atomic mass is 32.2. The van der Waals surface area contributed by atoms with Crippen LogP contribution in [-0.4, -0.2) is 18.8 Å². The molecule has 0 saturated heterocycles. The highest BCUT2D eigenvalue weighted by molar-refractivity contribution is 7.99. The van der Waals surface area contributed by atoms with Gasteiger partial charge in [0, 0.05) is 30.7 Å². The van der Waals surface area contributed by atoms with Gasteiger partial charge in [-0.2, -0.15) is 0 Å². The molecule has 2 rings (SSSR count). The molecule has 5 heteroatoms. The van der Waals surface area contributed by atoms with Gasteiger partial charge in [-0.3, -0.25) is 4.79 Å². The van der Waals surface area contributed by atoms with Gasteiger partial charge < -0.3 is 10.1 Å². The molecule has 23 heavy (non-hydrogen) atoms. The summed E-state index contributed by atoms with van der Waals surface area (Å²) in [5, 5.41) is 2.93. The molecule has 1 N–H and O–H groups in total.